The van der Waals surface area contributed by atoms with Gasteiger partial charge in [0.15, 0.2) is 0 Å². The van der Waals surface area contributed by atoms with Crippen LogP contribution in [0.15, 0.2) is 30.7 Å². The lowest BCUT2D eigenvalue weighted by Crippen LogP contribution is -2.25. The fourth-order valence-corrected chi connectivity index (χ4v) is 1.91. The molecule has 0 unspecified atom stereocenters. The van der Waals surface area contributed by atoms with Crippen LogP contribution >= 0.6 is 0 Å². The molecule has 0 atom stereocenters. The molecule has 0 saturated carbocycles. The summed E-state index contributed by atoms with van der Waals surface area (Å²) >= 11 is 0. The zero-order valence-corrected chi connectivity index (χ0v) is 11.8. The number of aryl methyl sites for hydroxylation is 1. The molecular weight excluding hydrogens is 266 g/mol. The molecule has 0 saturated heterocycles. The lowest BCUT2D eigenvalue weighted by Gasteiger charge is -2.06. The van der Waals surface area contributed by atoms with E-state index in [1.807, 2.05) is 6.92 Å². The van der Waals surface area contributed by atoms with Gasteiger partial charge in [0.25, 0.3) is 5.91 Å². The third-order valence-electron chi connectivity index (χ3n) is 3.03. The van der Waals surface area contributed by atoms with Crippen LogP contribution in [0.4, 0.5) is 0 Å². The minimum absolute atomic E-state index is 0.112. The Kier molecular flexibility index (Phi) is 5.13. The molecule has 1 aromatic heterocycles. The highest BCUT2D eigenvalue weighted by Gasteiger charge is 2.06. The standard InChI is InChI=1S/C16H17N3O2/c1-12-9-14(5-4-13(12)3-2-8-20)16(21)18-7-6-15-10-17-11-19-15/h4-5,9-11,20H,6-8H2,1H3,(H,17,19)(H,18,21). The topological polar surface area (TPSA) is 78.0 Å². The minimum Gasteiger partial charge on any atom is -0.384 e. The van der Waals surface area contributed by atoms with E-state index in [4.69, 9.17) is 5.11 Å². The summed E-state index contributed by atoms with van der Waals surface area (Å²) in [5.41, 5.74) is 3.32. The Labute approximate surface area is 123 Å². The van der Waals surface area contributed by atoms with Crippen LogP contribution in [-0.2, 0) is 6.42 Å². The maximum atomic E-state index is 12.0. The molecule has 3 N–H and O–H groups in total. The number of hydrogen-bond donors (Lipinski definition) is 3. The van der Waals surface area contributed by atoms with E-state index < -0.39 is 0 Å². The first-order chi connectivity index (χ1) is 10.2. The Bertz CT molecular complexity index is 667. The number of amides is 1. The number of aliphatic hydroxyl groups excluding tert-OH is 1. The zero-order valence-electron chi connectivity index (χ0n) is 11.8. The predicted molar refractivity (Wildman–Crippen MR) is 79.8 cm³/mol. The molecule has 5 heteroatoms. The minimum atomic E-state index is -0.171. The summed E-state index contributed by atoms with van der Waals surface area (Å²) in [4.78, 5) is 19.0. The molecule has 2 rings (SSSR count). The second-order valence-electron chi connectivity index (χ2n) is 4.57. The first-order valence-corrected chi connectivity index (χ1v) is 6.66. The average Bonchev–Trinajstić information content (AvgIpc) is 2.99. The van der Waals surface area contributed by atoms with E-state index in [1.165, 1.54) is 0 Å². The van der Waals surface area contributed by atoms with Gasteiger partial charge in [-0.3, -0.25) is 4.79 Å². The summed E-state index contributed by atoms with van der Waals surface area (Å²) in [6.07, 6.45) is 4.07. The predicted octanol–water partition coefficient (Wildman–Crippen LogP) is 1.03. The highest BCUT2D eigenvalue weighted by Crippen LogP contribution is 2.10. The SMILES string of the molecule is Cc1cc(C(=O)NCCc2cnc[nH]2)ccc1C#CCO. The number of H-pyrrole nitrogens is 1. The number of nitrogens with one attached hydrogen (secondary N) is 2. The van der Waals surface area contributed by atoms with E-state index >= 15 is 0 Å². The summed E-state index contributed by atoms with van der Waals surface area (Å²) in [6.45, 7) is 2.27. The van der Waals surface area contributed by atoms with Gasteiger partial charge in [0.05, 0.1) is 6.33 Å². The molecule has 1 amide bonds. The molecule has 108 valence electrons. The molecule has 0 fully saturated rings. The van der Waals surface area contributed by atoms with Crippen molar-refractivity contribution < 1.29 is 9.90 Å². The van der Waals surface area contributed by atoms with Crippen LogP contribution in [0.2, 0.25) is 0 Å². The second kappa shape index (κ2) is 7.27. The fraction of sp³-hybridized carbons (Fsp3) is 0.250. The largest absolute Gasteiger partial charge is 0.384 e. The number of aromatic nitrogens is 2. The number of hydrogen-bond acceptors (Lipinski definition) is 3. The first-order valence-electron chi connectivity index (χ1n) is 6.66. The van der Waals surface area contributed by atoms with E-state index in [0.717, 1.165) is 16.8 Å². The maximum absolute atomic E-state index is 12.0. The molecule has 1 heterocycles. The van der Waals surface area contributed by atoms with Gasteiger partial charge in [-0.2, -0.15) is 0 Å². The van der Waals surface area contributed by atoms with Gasteiger partial charge in [-0.05, 0) is 30.7 Å². The molecule has 0 spiro atoms. The summed E-state index contributed by atoms with van der Waals surface area (Å²) in [6, 6.07) is 5.33. The van der Waals surface area contributed by atoms with Crippen LogP contribution in [0, 0.1) is 18.8 Å². The number of aliphatic hydroxyl groups is 1. The van der Waals surface area contributed by atoms with Crippen LogP contribution in [0.5, 0.6) is 0 Å². The van der Waals surface area contributed by atoms with Crippen molar-refractivity contribution in [1.29, 1.82) is 0 Å². The number of imidazole rings is 1. The number of carbonyl (C=O) groups excluding carboxylic acids is 1. The second-order valence-corrected chi connectivity index (χ2v) is 4.57. The molecule has 0 radical (unpaired) electrons. The number of rotatable bonds is 4. The van der Waals surface area contributed by atoms with Gasteiger partial charge in [-0.25, -0.2) is 4.98 Å². The smallest absolute Gasteiger partial charge is 0.251 e. The highest BCUT2D eigenvalue weighted by atomic mass is 16.2. The summed E-state index contributed by atoms with van der Waals surface area (Å²) in [7, 11) is 0. The van der Waals surface area contributed by atoms with Gasteiger partial charge in [-0.1, -0.05) is 11.8 Å². The van der Waals surface area contributed by atoms with Gasteiger partial charge >= 0.3 is 0 Å². The van der Waals surface area contributed by atoms with Gasteiger partial charge in [-0.15, -0.1) is 0 Å². The van der Waals surface area contributed by atoms with Crippen molar-refractivity contribution in [3.8, 4) is 11.8 Å². The van der Waals surface area contributed by atoms with Crippen molar-refractivity contribution in [2.24, 2.45) is 0 Å². The summed E-state index contributed by atoms with van der Waals surface area (Å²) in [5.74, 6) is 5.34. The quantitative estimate of drug-likeness (QED) is 0.734. The third-order valence-corrected chi connectivity index (χ3v) is 3.03. The van der Waals surface area contributed by atoms with Crippen molar-refractivity contribution in [2.45, 2.75) is 13.3 Å². The van der Waals surface area contributed by atoms with Crippen LogP contribution in [0.3, 0.4) is 0 Å². The van der Waals surface area contributed by atoms with Crippen molar-refractivity contribution in [3.05, 3.63) is 53.1 Å². The van der Waals surface area contributed by atoms with Crippen molar-refractivity contribution >= 4 is 5.91 Å². The van der Waals surface area contributed by atoms with E-state index in [1.54, 1.807) is 30.7 Å². The number of benzene rings is 1. The molecule has 21 heavy (non-hydrogen) atoms. The van der Waals surface area contributed by atoms with Crippen LogP contribution in [-0.4, -0.2) is 34.1 Å². The maximum Gasteiger partial charge on any atom is 0.251 e. The fourth-order valence-electron chi connectivity index (χ4n) is 1.91. The molecular formula is C16H17N3O2. The first kappa shape index (κ1) is 14.8. The normalized spacial score (nSPS) is 9.81. The van der Waals surface area contributed by atoms with Crippen LogP contribution < -0.4 is 5.32 Å². The van der Waals surface area contributed by atoms with E-state index in [9.17, 15) is 4.79 Å². The zero-order chi connectivity index (χ0) is 15.1. The monoisotopic (exact) mass is 283 g/mol. The molecule has 2 aromatic rings. The number of carbonyl (C=O) groups is 1. The molecule has 1 aromatic carbocycles. The Morgan fingerprint density at radius 1 is 1.48 bits per heavy atom. The van der Waals surface area contributed by atoms with Gasteiger partial charge in [0, 0.05) is 36.0 Å². The van der Waals surface area contributed by atoms with Crippen LogP contribution in [0.1, 0.15) is 27.2 Å². The molecule has 0 aliphatic heterocycles. The van der Waals surface area contributed by atoms with Gasteiger partial charge in [0.2, 0.25) is 0 Å². The molecule has 0 bridgehead atoms. The molecule has 0 aliphatic carbocycles. The van der Waals surface area contributed by atoms with Gasteiger partial charge < -0.3 is 15.4 Å². The van der Waals surface area contributed by atoms with Crippen molar-refractivity contribution in [3.63, 3.8) is 0 Å². The summed E-state index contributed by atoms with van der Waals surface area (Å²) in [5, 5.41) is 11.6. The Hall–Kier alpha value is -2.58. The van der Waals surface area contributed by atoms with Crippen molar-refractivity contribution in [1.82, 2.24) is 15.3 Å². The molecule has 0 aliphatic rings. The van der Waals surface area contributed by atoms with Crippen LogP contribution in [0.25, 0.3) is 0 Å². The lowest BCUT2D eigenvalue weighted by atomic mass is 10.0. The number of aromatic amines is 1. The average molecular weight is 283 g/mol. The molecule has 5 nitrogen and oxygen atoms in total. The summed E-state index contributed by atoms with van der Waals surface area (Å²) < 4.78 is 0. The van der Waals surface area contributed by atoms with Crippen molar-refractivity contribution in [2.75, 3.05) is 13.2 Å². The Balaban J connectivity index is 1.94. The van der Waals surface area contributed by atoms with E-state index in [0.29, 0.717) is 18.5 Å². The number of nitrogens with zero attached hydrogens (tertiary/aromatic N) is 1. The lowest BCUT2D eigenvalue weighted by molar-refractivity contribution is 0.0954. The van der Waals surface area contributed by atoms with E-state index in [2.05, 4.69) is 27.1 Å². The highest BCUT2D eigenvalue weighted by molar-refractivity contribution is 5.94. The Morgan fingerprint density at radius 3 is 3.00 bits per heavy atom. The van der Waals surface area contributed by atoms with E-state index in [-0.39, 0.29) is 12.5 Å². The third kappa shape index (κ3) is 4.20. The Morgan fingerprint density at radius 2 is 2.33 bits per heavy atom. The van der Waals surface area contributed by atoms with Gasteiger partial charge in [0.1, 0.15) is 6.61 Å².